The molecule has 1 aliphatic rings. The average molecular weight is 241 g/mol. The van der Waals surface area contributed by atoms with Crippen LogP contribution >= 0.6 is 0 Å². The predicted octanol–water partition coefficient (Wildman–Crippen LogP) is 0.574. The quantitative estimate of drug-likeness (QED) is 0.401. The Morgan fingerprint density at radius 3 is 2.81 bits per heavy atom. The van der Waals surface area contributed by atoms with E-state index in [-0.39, 0.29) is 5.84 Å². The predicted molar refractivity (Wildman–Crippen MR) is 58.6 cm³/mol. The molecule has 1 rings (SSSR count). The summed E-state index contributed by atoms with van der Waals surface area (Å²) in [5, 5.41) is 12.3. The molecule has 0 saturated carbocycles. The van der Waals surface area contributed by atoms with Gasteiger partial charge < -0.3 is 4.90 Å². The first-order valence-corrected chi connectivity index (χ1v) is 6.22. The standard InChI is InChI=1S/C9H11N3O3S/c1-8(11-15-16(2,13)14)12-6-4-3-5-9(12)7-10/h3-6,9H,1-2H3/b11-8-/t9-/m0/s1. The van der Waals surface area contributed by atoms with Crippen molar-refractivity contribution in [1.29, 1.82) is 5.26 Å². The van der Waals surface area contributed by atoms with Gasteiger partial charge in [-0.05, 0) is 19.1 Å². The highest BCUT2D eigenvalue weighted by molar-refractivity contribution is 7.85. The third-order valence-corrected chi connectivity index (χ3v) is 2.11. The lowest BCUT2D eigenvalue weighted by Gasteiger charge is -2.23. The van der Waals surface area contributed by atoms with Gasteiger partial charge in [-0.1, -0.05) is 11.2 Å². The van der Waals surface area contributed by atoms with Crippen LogP contribution in [0.15, 0.2) is 29.6 Å². The molecule has 0 bridgehead atoms. The molecule has 0 spiro atoms. The van der Waals surface area contributed by atoms with E-state index < -0.39 is 16.2 Å². The molecule has 0 amide bonds. The molecule has 0 saturated heterocycles. The summed E-state index contributed by atoms with van der Waals surface area (Å²) in [7, 11) is -3.62. The minimum Gasteiger partial charge on any atom is -0.314 e. The maximum absolute atomic E-state index is 10.7. The summed E-state index contributed by atoms with van der Waals surface area (Å²) in [4.78, 5) is 1.51. The number of hydrogen-bond acceptors (Lipinski definition) is 5. The summed E-state index contributed by atoms with van der Waals surface area (Å²) in [5.41, 5.74) is 0. The van der Waals surface area contributed by atoms with Gasteiger partial charge in [-0.3, -0.25) is 4.28 Å². The van der Waals surface area contributed by atoms with Crippen molar-refractivity contribution < 1.29 is 12.7 Å². The highest BCUT2D eigenvalue weighted by Gasteiger charge is 2.17. The van der Waals surface area contributed by atoms with Crippen molar-refractivity contribution in [3.63, 3.8) is 0 Å². The van der Waals surface area contributed by atoms with E-state index in [0.29, 0.717) is 0 Å². The van der Waals surface area contributed by atoms with Crippen LogP contribution < -0.4 is 0 Å². The van der Waals surface area contributed by atoms with Crippen molar-refractivity contribution in [2.75, 3.05) is 6.26 Å². The fourth-order valence-electron chi connectivity index (χ4n) is 1.08. The fourth-order valence-corrected chi connectivity index (χ4v) is 1.32. The lowest BCUT2D eigenvalue weighted by atomic mass is 10.2. The summed E-state index contributed by atoms with van der Waals surface area (Å²) in [5.74, 6) is 0.289. The molecule has 0 radical (unpaired) electrons. The highest BCUT2D eigenvalue weighted by atomic mass is 32.2. The van der Waals surface area contributed by atoms with Gasteiger partial charge in [-0.2, -0.15) is 13.7 Å². The molecule has 0 aromatic heterocycles. The molecule has 6 nitrogen and oxygen atoms in total. The molecule has 1 aliphatic heterocycles. The molecule has 16 heavy (non-hydrogen) atoms. The second kappa shape index (κ2) is 4.81. The maximum Gasteiger partial charge on any atom is 0.325 e. The van der Waals surface area contributed by atoms with E-state index >= 15 is 0 Å². The summed E-state index contributed by atoms with van der Waals surface area (Å²) >= 11 is 0. The fraction of sp³-hybridized carbons (Fsp3) is 0.333. The van der Waals surface area contributed by atoms with E-state index in [1.165, 1.54) is 4.90 Å². The molecule has 0 aromatic carbocycles. The van der Waals surface area contributed by atoms with Gasteiger partial charge in [0.2, 0.25) is 0 Å². The van der Waals surface area contributed by atoms with E-state index in [1.807, 2.05) is 6.07 Å². The van der Waals surface area contributed by atoms with Crippen LogP contribution in [0.4, 0.5) is 0 Å². The Morgan fingerprint density at radius 2 is 2.25 bits per heavy atom. The van der Waals surface area contributed by atoms with Crippen molar-refractivity contribution in [3.8, 4) is 6.07 Å². The lowest BCUT2D eigenvalue weighted by Crippen LogP contribution is -2.33. The van der Waals surface area contributed by atoms with Crippen LogP contribution in [0.1, 0.15) is 6.92 Å². The molecule has 0 unspecified atom stereocenters. The Balaban J connectivity index is 2.81. The van der Waals surface area contributed by atoms with Crippen molar-refractivity contribution in [2.45, 2.75) is 13.0 Å². The smallest absolute Gasteiger partial charge is 0.314 e. The molecular weight excluding hydrogens is 230 g/mol. The van der Waals surface area contributed by atoms with Gasteiger partial charge in [-0.25, -0.2) is 0 Å². The molecular formula is C9H11N3O3S. The first-order chi connectivity index (χ1) is 7.44. The number of oxime groups is 1. The van der Waals surface area contributed by atoms with Crippen LogP contribution in [0.2, 0.25) is 0 Å². The van der Waals surface area contributed by atoms with Crippen molar-refractivity contribution in [2.24, 2.45) is 5.16 Å². The normalized spacial score (nSPS) is 20.7. The highest BCUT2D eigenvalue weighted by Crippen LogP contribution is 2.09. The number of allylic oxidation sites excluding steroid dienone is 2. The monoisotopic (exact) mass is 241 g/mol. The van der Waals surface area contributed by atoms with E-state index in [0.717, 1.165) is 6.26 Å². The van der Waals surface area contributed by atoms with Gasteiger partial charge in [0.15, 0.2) is 0 Å². The largest absolute Gasteiger partial charge is 0.325 e. The molecule has 1 heterocycles. The third-order valence-electron chi connectivity index (χ3n) is 1.76. The van der Waals surface area contributed by atoms with E-state index in [1.54, 1.807) is 31.4 Å². The SMILES string of the molecule is C/C(=N/OS(C)(=O)=O)N1C=CC=C[C@H]1C#N. The van der Waals surface area contributed by atoms with Crippen molar-refractivity contribution >= 4 is 16.0 Å². The molecule has 0 aliphatic carbocycles. The third kappa shape index (κ3) is 3.40. The summed E-state index contributed by atoms with van der Waals surface area (Å²) < 4.78 is 25.7. The van der Waals surface area contributed by atoms with Gasteiger partial charge in [-0.15, -0.1) is 0 Å². The summed E-state index contributed by atoms with van der Waals surface area (Å²) in [6, 6.07) is 1.53. The minimum absolute atomic E-state index is 0.289. The van der Waals surface area contributed by atoms with Crippen LogP contribution in [0.25, 0.3) is 0 Å². The van der Waals surface area contributed by atoms with Crippen molar-refractivity contribution in [3.05, 3.63) is 24.4 Å². The van der Waals surface area contributed by atoms with Crippen LogP contribution in [-0.4, -0.2) is 31.5 Å². The number of rotatable bonds is 2. The van der Waals surface area contributed by atoms with E-state index in [4.69, 9.17) is 5.26 Å². The maximum atomic E-state index is 10.7. The molecule has 0 aromatic rings. The van der Waals surface area contributed by atoms with Gasteiger partial charge in [0.05, 0.1) is 12.3 Å². The second-order valence-corrected chi connectivity index (χ2v) is 4.68. The zero-order valence-corrected chi connectivity index (χ0v) is 9.68. The first kappa shape index (κ1) is 12.3. The topological polar surface area (TPSA) is 82.8 Å². The molecule has 0 fully saturated rings. The van der Waals surface area contributed by atoms with Gasteiger partial charge in [0.25, 0.3) is 0 Å². The van der Waals surface area contributed by atoms with Crippen LogP contribution in [0.3, 0.4) is 0 Å². The Kier molecular flexibility index (Phi) is 3.68. The van der Waals surface area contributed by atoms with Crippen LogP contribution in [-0.2, 0) is 14.4 Å². The second-order valence-electron chi connectivity index (χ2n) is 3.12. The summed E-state index contributed by atoms with van der Waals surface area (Å²) in [6.45, 7) is 1.55. The molecule has 0 N–H and O–H groups in total. The van der Waals surface area contributed by atoms with Crippen LogP contribution in [0.5, 0.6) is 0 Å². The van der Waals surface area contributed by atoms with Gasteiger partial charge in [0.1, 0.15) is 11.9 Å². The molecule has 86 valence electrons. The Hall–Kier alpha value is -1.81. The number of amidine groups is 1. The first-order valence-electron chi connectivity index (χ1n) is 4.40. The van der Waals surface area contributed by atoms with E-state index in [9.17, 15) is 8.42 Å². The Bertz CT molecular complexity index is 485. The van der Waals surface area contributed by atoms with Crippen LogP contribution in [0, 0.1) is 11.3 Å². The number of hydrogen-bond donors (Lipinski definition) is 0. The summed E-state index contributed by atoms with van der Waals surface area (Å²) in [6.07, 6.45) is 7.64. The van der Waals surface area contributed by atoms with Gasteiger partial charge in [0, 0.05) is 6.20 Å². The zero-order chi connectivity index (χ0) is 12.2. The Labute approximate surface area is 94.2 Å². The Morgan fingerprint density at radius 1 is 1.56 bits per heavy atom. The molecule has 1 atom stereocenters. The van der Waals surface area contributed by atoms with E-state index in [2.05, 4.69) is 9.44 Å². The molecule has 7 heteroatoms. The zero-order valence-electron chi connectivity index (χ0n) is 8.86. The average Bonchev–Trinajstić information content (AvgIpc) is 2.25. The van der Waals surface area contributed by atoms with Gasteiger partial charge >= 0.3 is 10.1 Å². The van der Waals surface area contributed by atoms with Crippen molar-refractivity contribution in [1.82, 2.24) is 4.90 Å². The number of nitriles is 1. The number of nitrogens with zero attached hydrogens (tertiary/aromatic N) is 3. The lowest BCUT2D eigenvalue weighted by molar-refractivity contribution is 0.332. The minimum atomic E-state index is -3.62.